The van der Waals surface area contributed by atoms with Crippen molar-refractivity contribution in [3.8, 4) is 5.75 Å². The molecular formula is C27H29BrCl2N2O3. The van der Waals surface area contributed by atoms with Crippen LogP contribution < -0.4 is 10.1 Å². The lowest BCUT2D eigenvalue weighted by atomic mass is 10.1. The molecule has 8 heteroatoms. The van der Waals surface area contributed by atoms with E-state index in [0.29, 0.717) is 27.8 Å². The van der Waals surface area contributed by atoms with Gasteiger partial charge in [0.1, 0.15) is 11.8 Å². The Balaban J connectivity index is 1.88. The summed E-state index contributed by atoms with van der Waals surface area (Å²) in [7, 11) is 0. The van der Waals surface area contributed by atoms with Crippen molar-refractivity contribution in [2.24, 2.45) is 0 Å². The monoisotopic (exact) mass is 578 g/mol. The number of carbonyl (C=O) groups excluding carboxylic acids is 2. The third-order valence-electron chi connectivity index (χ3n) is 5.96. The van der Waals surface area contributed by atoms with E-state index in [1.807, 2.05) is 57.2 Å². The van der Waals surface area contributed by atoms with Crippen LogP contribution in [-0.4, -0.2) is 35.4 Å². The molecule has 0 aliphatic heterocycles. The number of hydrogen-bond donors (Lipinski definition) is 1. The Morgan fingerprint density at radius 1 is 1.00 bits per heavy atom. The summed E-state index contributed by atoms with van der Waals surface area (Å²) in [5, 5.41) is 5.90. The molecule has 0 unspecified atom stereocenters. The van der Waals surface area contributed by atoms with E-state index in [-0.39, 0.29) is 31.0 Å². The first-order valence-corrected chi connectivity index (χ1v) is 13.1. The van der Waals surface area contributed by atoms with Crippen LogP contribution in [0, 0.1) is 0 Å². The largest absolute Gasteiger partial charge is 0.483 e. The molecule has 0 saturated heterocycles. The Bertz CT molecular complexity index is 1180. The predicted molar refractivity (Wildman–Crippen MR) is 146 cm³/mol. The minimum atomic E-state index is -0.701. The Hall–Kier alpha value is -2.28. The Morgan fingerprint density at radius 2 is 1.69 bits per heavy atom. The van der Waals surface area contributed by atoms with E-state index >= 15 is 0 Å². The first-order valence-electron chi connectivity index (χ1n) is 11.6. The minimum absolute atomic E-state index is 0.0118. The summed E-state index contributed by atoms with van der Waals surface area (Å²) in [6.45, 7) is 5.64. The van der Waals surface area contributed by atoms with Crippen LogP contribution in [0.1, 0.15) is 39.2 Å². The standard InChI is InChI=1S/C27H29BrCl2N2O3/c1-4-17(3)31-27(34)23(5-2)32(15-20-21(29)11-8-12-22(20)30)25(33)16-35-24-14-13-18-9-6-7-10-19(18)26(24)28/h6-14,17,23H,4-5,15-16H2,1-3H3,(H,31,34)/t17-,23+/m0/s1. The molecule has 2 amide bonds. The average Bonchev–Trinajstić information content (AvgIpc) is 2.85. The number of rotatable bonds is 10. The topological polar surface area (TPSA) is 58.6 Å². The van der Waals surface area contributed by atoms with E-state index in [0.717, 1.165) is 21.7 Å². The predicted octanol–water partition coefficient (Wildman–Crippen LogP) is 7.01. The maximum atomic E-state index is 13.5. The highest BCUT2D eigenvalue weighted by Crippen LogP contribution is 2.33. The molecule has 2 atom stereocenters. The highest BCUT2D eigenvalue weighted by Gasteiger charge is 2.30. The molecule has 0 heterocycles. The van der Waals surface area contributed by atoms with Crippen LogP contribution in [0.5, 0.6) is 5.75 Å². The van der Waals surface area contributed by atoms with Gasteiger partial charge in [-0.3, -0.25) is 9.59 Å². The molecule has 0 saturated carbocycles. The van der Waals surface area contributed by atoms with Gasteiger partial charge in [-0.05, 0) is 64.7 Å². The lowest BCUT2D eigenvalue weighted by molar-refractivity contribution is -0.143. The number of ether oxygens (including phenoxy) is 1. The number of carbonyl (C=O) groups is 2. The molecule has 35 heavy (non-hydrogen) atoms. The fourth-order valence-electron chi connectivity index (χ4n) is 3.76. The number of nitrogens with one attached hydrogen (secondary N) is 1. The molecule has 0 fully saturated rings. The van der Waals surface area contributed by atoms with Gasteiger partial charge in [-0.2, -0.15) is 0 Å². The molecular weight excluding hydrogens is 551 g/mol. The molecule has 0 aliphatic rings. The van der Waals surface area contributed by atoms with Gasteiger partial charge in [0, 0.05) is 28.2 Å². The molecule has 0 aliphatic carbocycles. The zero-order valence-corrected chi connectivity index (χ0v) is 23.1. The van der Waals surface area contributed by atoms with E-state index in [2.05, 4.69) is 21.2 Å². The molecule has 3 aromatic carbocycles. The first kappa shape index (κ1) is 27.3. The maximum absolute atomic E-state index is 13.5. The van der Waals surface area contributed by atoms with E-state index in [1.165, 1.54) is 4.90 Å². The van der Waals surface area contributed by atoms with Gasteiger partial charge in [-0.15, -0.1) is 0 Å². The van der Waals surface area contributed by atoms with Crippen LogP contribution in [-0.2, 0) is 16.1 Å². The zero-order valence-electron chi connectivity index (χ0n) is 20.0. The number of fused-ring (bicyclic) bond motifs is 1. The normalized spacial score (nSPS) is 12.7. The van der Waals surface area contributed by atoms with Crippen molar-refractivity contribution < 1.29 is 14.3 Å². The van der Waals surface area contributed by atoms with Gasteiger partial charge < -0.3 is 15.0 Å². The molecule has 3 rings (SSSR count). The van der Waals surface area contributed by atoms with Gasteiger partial charge in [0.05, 0.1) is 4.47 Å². The van der Waals surface area contributed by atoms with Crippen LogP contribution in [0.25, 0.3) is 10.8 Å². The summed E-state index contributed by atoms with van der Waals surface area (Å²) >= 11 is 16.4. The molecule has 0 aromatic heterocycles. The van der Waals surface area contributed by atoms with E-state index in [4.69, 9.17) is 27.9 Å². The highest BCUT2D eigenvalue weighted by atomic mass is 79.9. The van der Waals surface area contributed by atoms with Crippen LogP contribution >= 0.6 is 39.1 Å². The third-order valence-corrected chi connectivity index (χ3v) is 7.48. The van der Waals surface area contributed by atoms with E-state index < -0.39 is 6.04 Å². The molecule has 186 valence electrons. The number of benzene rings is 3. The third kappa shape index (κ3) is 6.69. The second-order valence-corrected chi connectivity index (χ2v) is 9.96. The molecule has 0 bridgehead atoms. The summed E-state index contributed by atoms with van der Waals surface area (Å²) in [5.41, 5.74) is 0.589. The van der Waals surface area contributed by atoms with Crippen molar-refractivity contribution in [2.45, 2.75) is 52.2 Å². The van der Waals surface area contributed by atoms with Crippen LogP contribution in [0.4, 0.5) is 0 Å². The molecule has 0 radical (unpaired) electrons. The Kier molecular flexibility index (Phi) is 9.84. The lowest BCUT2D eigenvalue weighted by Gasteiger charge is -2.32. The fourth-order valence-corrected chi connectivity index (χ4v) is 4.89. The van der Waals surface area contributed by atoms with Gasteiger partial charge >= 0.3 is 0 Å². The second-order valence-electron chi connectivity index (χ2n) is 8.35. The first-order chi connectivity index (χ1) is 16.8. The average molecular weight is 580 g/mol. The van der Waals surface area contributed by atoms with Crippen LogP contribution in [0.2, 0.25) is 10.0 Å². The molecule has 0 spiro atoms. The minimum Gasteiger partial charge on any atom is -0.483 e. The van der Waals surface area contributed by atoms with Gasteiger partial charge in [0.25, 0.3) is 5.91 Å². The summed E-state index contributed by atoms with van der Waals surface area (Å²) < 4.78 is 6.70. The van der Waals surface area contributed by atoms with Crippen molar-refractivity contribution in [1.29, 1.82) is 0 Å². The van der Waals surface area contributed by atoms with Crippen molar-refractivity contribution in [2.75, 3.05) is 6.61 Å². The number of amides is 2. The van der Waals surface area contributed by atoms with Gasteiger partial charge in [-0.25, -0.2) is 0 Å². The zero-order chi connectivity index (χ0) is 25.5. The smallest absolute Gasteiger partial charge is 0.261 e. The maximum Gasteiger partial charge on any atom is 0.261 e. The van der Waals surface area contributed by atoms with Crippen molar-refractivity contribution in [1.82, 2.24) is 10.2 Å². The Labute approximate surface area is 224 Å². The van der Waals surface area contributed by atoms with Gasteiger partial charge in [0.2, 0.25) is 5.91 Å². The van der Waals surface area contributed by atoms with Crippen LogP contribution in [0.15, 0.2) is 59.1 Å². The Morgan fingerprint density at radius 3 is 2.34 bits per heavy atom. The molecule has 5 nitrogen and oxygen atoms in total. The molecule has 1 N–H and O–H groups in total. The van der Waals surface area contributed by atoms with Crippen molar-refractivity contribution >= 4 is 61.7 Å². The summed E-state index contributed by atoms with van der Waals surface area (Å²) in [6.07, 6.45) is 1.21. The summed E-state index contributed by atoms with van der Waals surface area (Å²) in [6, 6.07) is 16.1. The number of nitrogens with zero attached hydrogens (tertiary/aromatic N) is 1. The number of hydrogen-bond acceptors (Lipinski definition) is 3. The SMILES string of the molecule is CC[C@H](C(=O)N[C@@H](C)CC)N(Cc1c(Cl)cccc1Cl)C(=O)COc1ccc2ccccc2c1Br. The van der Waals surface area contributed by atoms with Crippen molar-refractivity contribution in [3.05, 3.63) is 74.7 Å². The van der Waals surface area contributed by atoms with Gasteiger partial charge in [-0.1, -0.05) is 73.4 Å². The second kappa shape index (κ2) is 12.6. The quantitative estimate of drug-likeness (QED) is 0.281. The fraction of sp³-hybridized carbons (Fsp3) is 0.333. The highest BCUT2D eigenvalue weighted by molar-refractivity contribution is 9.10. The number of halogens is 3. The molecule has 3 aromatic rings. The lowest BCUT2D eigenvalue weighted by Crippen LogP contribution is -2.51. The van der Waals surface area contributed by atoms with Crippen molar-refractivity contribution in [3.63, 3.8) is 0 Å². The van der Waals surface area contributed by atoms with Crippen LogP contribution in [0.3, 0.4) is 0 Å². The summed E-state index contributed by atoms with van der Waals surface area (Å²) in [4.78, 5) is 28.1. The van der Waals surface area contributed by atoms with Gasteiger partial charge in [0.15, 0.2) is 6.61 Å². The van der Waals surface area contributed by atoms with E-state index in [1.54, 1.807) is 18.2 Å². The summed E-state index contributed by atoms with van der Waals surface area (Å²) in [5.74, 6) is -0.0117. The van der Waals surface area contributed by atoms with E-state index in [9.17, 15) is 9.59 Å².